The average molecular weight is 204 g/mol. The minimum atomic E-state index is 0.382. The van der Waals surface area contributed by atoms with Crippen LogP contribution in [0.15, 0.2) is 11.6 Å². The van der Waals surface area contributed by atoms with E-state index >= 15 is 0 Å². The van der Waals surface area contributed by atoms with Gasteiger partial charge in [0, 0.05) is 6.42 Å². The van der Waals surface area contributed by atoms with Gasteiger partial charge in [0.1, 0.15) is 0 Å². The summed E-state index contributed by atoms with van der Waals surface area (Å²) >= 11 is 0. The molecule has 0 spiro atoms. The highest BCUT2D eigenvalue weighted by Crippen LogP contribution is 2.72. The number of allylic oxidation sites excluding steroid dienone is 2. The van der Waals surface area contributed by atoms with Crippen LogP contribution in [0.25, 0.3) is 0 Å². The zero-order valence-electron chi connectivity index (χ0n) is 9.92. The normalized spacial score (nSPS) is 45.8. The van der Waals surface area contributed by atoms with Crippen molar-refractivity contribution in [3.63, 3.8) is 0 Å². The van der Waals surface area contributed by atoms with E-state index in [1.165, 1.54) is 18.4 Å². The number of rotatable bonds is 1. The summed E-state index contributed by atoms with van der Waals surface area (Å²) in [6.07, 6.45) is 5.17. The van der Waals surface area contributed by atoms with Gasteiger partial charge in [-0.15, -0.1) is 0 Å². The molecule has 0 aromatic heterocycles. The van der Waals surface area contributed by atoms with Crippen LogP contribution in [0.2, 0.25) is 0 Å². The van der Waals surface area contributed by atoms with E-state index in [9.17, 15) is 4.79 Å². The summed E-state index contributed by atoms with van der Waals surface area (Å²) < 4.78 is 0. The number of fused-ring (bicyclic) bond motifs is 3. The predicted octanol–water partition coefficient (Wildman–Crippen LogP) is 3.20. The minimum Gasteiger partial charge on any atom is -0.295 e. The van der Waals surface area contributed by atoms with E-state index in [0.717, 1.165) is 24.2 Å². The fourth-order valence-electron chi connectivity index (χ4n) is 4.31. The highest BCUT2D eigenvalue weighted by molar-refractivity contribution is 5.92. The molecule has 0 N–H and O–H groups in total. The summed E-state index contributed by atoms with van der Waals surface area (Å²) in [5.74, 6) is 3.56. The zero-order chi connectivity index (χ0) is 10.8. The molecular formula is C14H20O. The third-order valence-electron chi connectivity index (χ3n) is 5.25. The van der Waals surface area contributed by atoms with Crippen LogP contribution in [0, 0.1) is 29.1 Å². The van der Waals surface area contributed by atoms with Gasteiger partial charge in [-0.05, 0) is 41.6 Å². The molecule has 2 saturated carbocycles. The Morgan fingerprint density at radius 1 is 1.40 bits per heavy atom. The van der Waals surface area contributed by atoms with E-state index in [4.69, 9.17) is 0 Å². The third-order valence-corrected chi connectivity index (χ3v) is 5.25. The van der Waals surface area contributed by atoms with Gasteiger partial charge >= 0.3 is 0 Å². The van der Waals surface area contributed by atoms with Gasteiger partial charge in [-0.25, -0.2) is 0 Å². The SMILES string of the molecule is CCC1CC(=O)C=C2C[C@@H]3[C@H]([C@@H]21)C3(C)C. The van der Waals surface area contributed by atoms with Crippen molar-refractivity contribution in [2.75, 3.05) is 0 Å². The van der Waals surface area contributed by atoms with E-state index in [1.54, 1.807) is 0 Å². The van der Waals surface area contributed by atoms with Gasteiger partial charge in [0.05, 0.1) is 0 Å². The lowest BCUT2D eigenvalue weighted by Gasteiger charge is -2.31. The molecule has 0 amide bonds. The maximum atomic E-state index is 11.6. The first-order valence-electron chi connectivity index (χ1n) is 6.29. The Hall–Kier alpha value is -0.590. The van der Waals surface area contributed by atoms with Crippen LogP contribution < -0.4 is 0 Å². The van der Waals surface area contributed by atoms with Gasteiger partial charge in [-0.2, -0.15) is 0 Å². The molecule has 3 aliphatic carbocycles. The second-order valence-corrected chi connectivity index (χ2v) is 6.24. The van der Waals surface area contributed by atoms with Crippen LogP contribution in [-0.2, 0) is 4.79 Å². The second-order valence-electron chi connectivity index (χ2n) is 6.24. The summed E-state index contributed by atoms with van der Waals surface area (Å²) in [4.78, 5) is 11.6. The molecule has 1 heteroatoms. The summed E-state index contributed by atoms with van der Waals surface area (Å²) in [5, 5.41) is 0. The molecule has 15 heavy (non-hydrogen) atoms. The predicted molar refractivity (Wildman–Crippen MR) is 60.4 cm³/mol. The molecule has 2 fully saturated rings. The Balaban J connectivity index is 1.94. The summed E-state index contributed by atoms with van der Waals surface area (Å²) in [6, 6.07) is 0. The first-order valence-corrected chi connectivity index (χ1v) is 6.29. The minimum absolute atomic E-state index is 0.382. The Morgan fingerprint density at radius 2 is 2.13 bits per heavy atom. The molecule has 0 aromatic carbocycles. The molecule has 3 rings (SSSR count). The molecule has 1 unspecified atom stereocenters. The van der Waals surface area contributed by atoms with Crippen molar-refractivity contribution in [3.05, 3.63) is 11.6 Å². The molecule has 82 valence electrons. The number of hydrogen-bond acceptors (Lipinski definition) is 1. The van der Waals surface area contributed by atoms with Crippen molar-refractivity contribution in [2.24, 2.45) is 29.1 Å². The maximum Gasteiger partial charge on any atom is 0.155 e. The number of carbonyl (C=O) groups is 1. The van der Waals surface area contributed by atoms with E-state index in [1.807, 2.05) is 6.08 Å². The topological polar surface area (TPSA) is 17.1 Å². The number of carbonyl (C=O) groups excluding carboxylic acids is 1. The number of ketones is 1. The highest BCUT2D eigenvalue weighted by Gasteiger charge is 2.66. The molecular weight excluding hydrogens is 184 g/mol. The fraction of sp³-hybridized carbons (Fsp3) is 0.786. The van der Waals surface area contributed by atoms with Crippen molar-refractivity contribution < 1.29 is 4.79 Å². The fourth-order valence-corrected chi connectivity index (χ4v) is 4.31. The maximum absolute atomic E-state index is 11.6. The van der Waals surface area contributed by atoms with Gasteiger partial charge in [0.25, 0.3) is 0 Å². The molecule has 0 aromatic rings. The lowest BCUT2D eigenvalue weighted by atomic mass is 9.73. The Kier molecular flexibility index (Phi) is 1.76. The van der Waals surface area contributed by atoms with Crippen LogP contribution in [0.5, 0.6) is 0 Å². The molecule has 4 atom stereocenters. The Labute approximate surface area is 91.9 Å². The molecule has 0 radical (unpaired) electrons. The first kappa shape index (κ1) is 9.62. The van der Waals surface area contributed by atoms with Gasteiger partial charge < -0.3 is 0 Å². The Bertz CT molecular complexity index is 350. The molecule has 0 heterocycles. The van der Waals surface area contributed by atoms with Crippen LogP contribution in [0.4, 0.5) is 0 Å². The highest BCUT2D eigenvalue weighted by atomic mass is 16.1. The molecule has 0 saturated heterocycles. The van der Waals surface area contributed by atoms with Crippen LogP contribution >= 0.6 is 0 Å². The lowest BCUT2D eigenvalue weighted by molar-refractivity contribution is -0.116. The van der Waals surface area contributed by atoms with Crippen molar-refractivity contribution in [1.29, 1.82) is 0 Å². The smallest absolute Gasteiger partial charge is 0.155 e. The monoisotopic (exact) mass is 204 g/mol. The van der Waals surface area contributed by atoms with E-state index in [-0.39, 0.29) is 0 Å². The van der Waals surface area contributed by atoms with E-state index in [0.29, 0.717) is 17.1 Å². The van der Waals surface area contributed by atoms with Gasteiger partial charge in [0.15, 0.2) is 5.78 Å². The van der Waals surface area contributed by atoms with Crippen molar-refractivity contribution in [1.82, 2.24) is 0 Å². The summed E-state index contributed by atoms with van der Waals surface area (Å²) in [7, 11) is 0. The van der Waals surface area contributed by atoms with Crippen LogP contribution in [0.3, 0.4) is 0 Å². The zero-order valence-corrected chi connectivity index (χ0v) is 9.92. The standard InChI is InChI=1S/C14H20O/c1-4-8-5-10(15)6-9-7-11-13(12(8)9)14(11,2)3/h6,8,11-13H,4-5,7H2,1-3H3/t8?,11-,12-,13-/m1/s1. The molecule has 0 bridgehead atoms. The van der Waals surface area contributed by atoms with Gasteiger partial charge in [0.2, 0.25) is 0 Å². The molecule has 1 nitrogen and oxygen atoms in total. The summed E-state index contributed by atoms with van der Waals surface area (Å²) in [6.45, 7) is 7.05. The van der Waals surface area contributed by atoms with Crippen LogP contribution in [0.1, 0.15) is 40.0 Å². The van der Waals surface area contributed by atoms with E-state index < -0.39 is 0 Å². The molecule has 3 aliphatic rings. The van der Waals surface area contributed by atoms with Crippen LogP contribution in [-0.4, -0.2) is 5.78 Å². The molecule has 0 aliphatic heterocycles. The Morgan fingerprint density at radius 3 is 2.80 bits per heavy atom. The first-order chi connectivity index (χ1) is 7.05. The quantitative estimate of drug-likeness (QED) is 0.641. The lowest BCUT2D eigenvalue weighted by Crippen LogP contribution is -2.26. The second kappa shape index (κ2) is 2.75. The van der Waals surface area contributed by atoms with Crippen molar-refractivity contribution >= 4 is 5.78 Å². The van der Waals surface area contributed by atoms with Gasteiger partial charge in [-0.1, -0.05) is 32.8 Å². The number of hydrogen-bond donors (Lipinski definition) is 0. The summed E-state index contributed by atoms with van der Waals surface area (Å²) in [5.41, 5.74) is 2.06. The van der Waals surface area contributed by atoms with Crippen molar-refractivity contribution in [2.45, 2.75) is 40.0 Å². The van der Waals surface area contributed by atoms with E-state index in [2.05, 4.69) is 20.8 Å². The largest absolute Gasteiger partial charge is 0.295 e. The third kappa shape index (κ3) is 1.12. The van der Waals surface area contributed by atoms with Crippen molar-refractivity contribution in [3.8, 4) is 0 Å². The average Bonchev–Trinajstić information content (AvgIpc) is 2.60. The van der Waals surface area contributed by atoms with Gasteiger partial charge in [-0.3, -0.25) is 4.79 Å².